The molecular weight excluding hydrogens is 302 g/mol. The Morgan fingerprint density at radius 3 is 2.78 bits per heavy atom. The third-order valence-electron chi connectivity index (χ3n) is 3.95. The van der Waals surface area contributed by atoms with E-state index >= 15 is 0 Å². The van der Waals surface area contributed by atoms with Gasteiger partial charge in [-0.25, -0.2) is 4.98 Å². The summed E-state index contributed by atoms with van der Waals surface area (Å²) in [6, 6.07) is 12.6. The van der Waals surface area contributed by atoms with Crippen molar-refractivity contribution in [2.75, 3.05) is 5.32 Å². The average Bonchev–Trinajstić information content (AvgIpc) is 3.14. The third kappa shape index (κ3) is 3.37. The van der Waals surface area contributed by atoms with E-state index in [1.165, 1.54) is 22.5 Å². The minimum atomic E-state index is 0.795. The topological polar surface area (TPSA) is 29.9 Å². The number of thiazole rings is 1. The van der Waals surface area contributed by atoms with E-state index in [0.717, 1.165) is 23.9 Å². The SMILES string of the molecule is C=CCn1c(C)cc(-c2csc(NCc3ccccc3)n2)c1C. The molecular formula is C19H21N3S. The fourth-order valence-corrected chi connectivity index (χ4v) is 3.43. The van der Waals surface area contributed by atoms with Crippen molar-refractivity contribution < 1.29 is 0 Å². The molecule has 3 rings (SSSR count). The van der Waals surface area contributed by atoms with Crippen molar-refractivity contribution in [3.63, 3.8) is 0 Å². The standard InChI is InChI=1S/C19H21N3S/c1-4-10-22-14(2)11-17(15(22)3)18-13-23-19(21-18)20-12-16-8-6-5-7-9-16/h4-9,11,13H,1,10,12H2,2-3H3,(H,20,21). The first-order valence-electron chi connectivity index (χ1n) is 7.70. The number of anilines is 1. The van der Waals surface area contributed by atoms with Crippen molar-refractivity contribution in [2.24, 2.45) is 0 Å². The van der Waals surface area contributed by atoms with Gasteiger partial charge in [0.05, 0.1) is 5.69 Å². The van der Waals surface area contributed by atoms with Crippen molar-refractivity contribution in [1.29, 1.82) is 0 Å². The van der Waals surface area contributed by atoms with E-state index in [9.17, 15) is 0 Å². The summed E-state index contributed by atoms with van der Waals surface area (Å²) < 4.78 is 2.26. The number of hydrogen-bond acceptors (Lipinski definition) is 3. The zero-order valence-electron chi connectivity index (χ0n) is 13.5. The predicted molar refractivity (Wildman–Crippen MR) is 99.0 cm³/mol. The second kappa shape index (κ2) is 6.84. The third-order valence-corrected chi connectivity index (χ3v) is 4.75. The Morgan fingerprint density at radius 1 is 1.26 bits per heavy atom. The molecule has 1 N–H and O–H groups in total. The van der Waals surface area contributed by atoms with Gasteiger partial charge in [0.25, 0.3) is 0 Å². The quantitative estimate of drug-likeness (QED) is 0.645. The van der Waals surface area contributed by atoms with Crippen LogP contribution in [0.3, 0.4) is 0 Å². The average molecular weight is 323 g/mol. The molecule has 3 aromatic rings. The van der Waals surface area contributed by atoms with Crippen molar-refractivity contribution in [2.45, 2.75) is 26.9 Å². The minimum Gasteiger partial charge on any atom is -0.357 e. The van der Waals surface area contributed by atoms with Gasteiger partial charge in [0, 0.05) is 35.4 Å². The number of rotatable bonds is 6. The predicted octanol–water partition coefficient (Wildman–Crippen LogP) is 5.03. The fraction of sp³-hybridized carbons (Fsp3) is 0.211. The first-order valence-corrected chi connectivity index (χ1v) is 8.58. The summed E-state index contributed by atoms with van der Waals surface area (Å²) in [6.07, 6.45) is 1.93. The molecule has 2 aromatic heterocycles. The van der Waals surface area contributed by atoms with Crippen molar-refractivity contribution in [3.05, 3.63) is 71.4 Å². The van der Waals surface area contributed by atoms with Crippen LogP contribution in [0.1, 0.15) is 17.0 Å². The molecule has 3 nitrogen and oxygen atoms in total. The number of allylic oxidation sites excluding steroid dienone is 1. The highest BCUT2D eigenvalue weighted by Gasteiger charge is 2.13. The van der Waals surface area contributed by atoms with Crippen LogP contribution in [-0.2, 0) is 13.1 Å². The summed E-state index contributed by atoms with van der Waals surface area (Å²) in [6.45, 7) is 9.73. The van der Waals surface area contributed by atoms with Crippen molar-refractivity contribution in [1.82, 2.24) is 9.55 Å². The Morgan fingerprint density at radius 2 is 2.04 bits per heavy atom. The summed E-state index contributed by atoms with van der Waals surface area (Å²) in [5.74, 6) is 0. The summed E-state index contributed by atoms with van der Waals surface area (Å²) in [5, 5.41) is 6.48. The number of aromatic nitrogens is 2. The number of aryl methyl sites for hydroxylation is 1. The van der Waals surface area contributed by atoms with Crippen LogP contribution in [0.4, 0.5) is 5.13 Å². The van der Waals surface area contributed by atoms with Crippen molar-refractivity contribution in [3.8, 4) is 11.3 Å². The van der Waals surface area contributed by atoms with Gasteiger partial charge >= 0.3 is 0 Å². The van der Waals surface area contributed by atoms with Gasteiger partial charge in [-0.15, -0.1) is 17.9 Å². The molecule has 0 saturated heterocycles. The molecule has 0 aliphatic carbocycles. The van der Waals surface area contributed by atoms with Crippen LogP contribution < -0.4 is 5.32 Å². The van der Waals surface area contributed by atoms with Gasteiger partial charge in [0.1, 0.15) is 0 Å². The lowest BCUT2D eigenvalue weighted by Gasteiger charge is -2.05. The lowest BCUT2D eigenvalue weighted by atomic mass is 10.2. The summed E-state index contributed by atoms with van der Waals surface area (Å²) in [7, 11) is 0. The van der Waals surface area contributed by atoms with Gasteiger partial charge < -0.3 is 9.88 Å². The maximum Gasteiger partial charge on any atom is 0.183 e. The second-order valence-electron chi connectivity index (χ2n) is 5.56. The lowest BCUT2D eigenvalue weighted by Crippen LogP contribution is -2.00. The number of nitrogens with zero attached hydrogens (tertiary/aromatic N) is 2. The first-order chi connectivity index (χ1) is 11.2. The zero-order chi connectivity index (χ0) is 16.2. The van der Waals surface area contributed by atoms with Crippen LogP contribution in [0.25, 0.3) is 11.3 Å². The molecule has 1 aromatic carbocycles. The van der Waals surface area contributed by atoms with E-state index in [1.54, 1.807) is 11.3 Å². The fourth-order valence-electron chi connectivity index (χ4n) is 2.72. The van der Waals surface area contributed by atoms with E-state index in [-0.39, 0.29) is 0 Å². The van der Waals surface area contributed by atoms with Gasteiger partial charge in [-0.2, -0.15) is 0 Å². The maximum absolute atomic E-state index is 4.74. The molecule has 118 valence electrons. The molecule has 0 aliphatic heterocycles. The monoisotopic (exact) mass is 323 g/mol. The van der Waals surface area contributed by atoms with Crippen LogP contribution in [0.15, 0.2) is 54.4 Å². The number of benzene rings is 1. The molecule has 23 heavy (non-hydrogen) atoms. The van der Waals surface area contributed by atoms with Gasteiger partial charge in [0.15, 0.2) is 5.13 Å². The largest absolute Gasteiger partial charge is 0.357 e. The first kappa shape index (κ1) is 15.6. The number of nitrogens with one attached hydrogen (secondary N) is 1. The smallest absolute Gasteiger partial charge is 0.183 e. The molecule has 0 amide bonds. The normalized spacial score (nSPS) is 10.7. The van der Waals surface area contributed by atoms with E-state index < -0.39 is 0 Å². The molecule has 0 bridgehead atoms. The van der Waals surface area contributed by atoms with Gasteiger partial charge in [-0.05, 0) is 25.5 Å². The maximum atomic E-state index is 4.74. The van der Waals surface area contributed by atoms with Gasteiger partial charge in [-0.1, -0.05) is 36.4 Å². The molecule has 0 spiro atoms. The van der Waals surface area contributed by atoms with Gasteiger partial charge in [-0.3, -0.25) is 0 Å². The Hall–Kier alpha value is -2.33. The highest BCUT2D eigenvalue weighted by molar-refractivity contribution is 7.14. The van der Waals surface area contributed by atoms with Crippen molar-refractivity contribution >= 4 is 16.5 Å². The lowest BCUT2D eigenvalue weighted by molar-refractivity contribution is 0.770. The summed E-state index contributed by atoms with van der Waals surface area (Å²) in [5.41, 5.74) is 5.97. The minimum absolute atomic E-state index is 0.795. The molecule has 0 radical (unpaired) electrons. The Labute approximate surface area is 141 Å². The Balaban J connectivity index is 1.77. The Kier molecular flexibility index (Phi) is 4.63. The summed E-state index contributed by atoms with van der Waals surface area (Å²) >= 11 is 1.65. The molecule has 0 unspecified atom stereocenters. The molecule has 0 saturated carbocycles. The van der Waals surface area contributed by atoms with Crippen LogP contribution in [0.2, 0.25) is 0 Å². The van der Waals surface area contributed by atoms with Crippen LogP contribution in [0.5, 0.6) is 0 Å². The zero-order valence-corrected chi connectivity index (χ0v) is 14.4. The molecule has 4 heteroatoms. The van der Waals surface area contributed by atoms with Crippen LogP contribution >= 0.6 is 11.3 Å². The molecule has 0 atom stereocenters. The van der Waals surface area contributed by atoms with Crippen LogP contribution in [0, 0.1) is 13.8 Å². The van der Waals surface area contributed by atoms with E-state index in [0.29, 0.717) is 0 Å². The second-order valence-corrected chi connectivity index (χ2v) is 6.42. The Bertz CT molecular complexity index is 799. The highest BCUT2D eigenvalue weighted by atomic mass is 32.1. The van der Waals surface area contributed by atoms with E-state index in [1.807, 2.05) is 12.1 Å². The van der Waals surface area contributed by atoms with E-state index in [2.05, 4.69) is 66.0 Å². The summed E-state index contributed by atoms with van der Waals surface area (Å²) in [4.78, 5) is 4.74. The van der Waals surface area contributed by atoms with E-state index in [4.69, 9.17) is 4.98 Å². The molecule has 0 aliphatic rings. The molecule has 0 fully saturated rings. The molecule has 2 heterocycles. The van der Waals surface area contributed by atoms with Crippen LogP contribution in [-0.4, -0.2) is 9.55 Å². The number of hydrogen-bond donors (Lipinski definition) is 1. The highest BCUT2D eigenvalue weighted by Crippen LogP contribution is 2.30. The van der Waals surface area contributed by atoms with Gasteiger partial charge in [0.2, 0.25) is 0 Å².